The average molecular weight is 690 g/mol. The van der Waals surface area contributed by atoms with Gasteiger partial charge in [0, 0.05) is 44.0 Å². The van der Waals surface area contributed by atoms with E-state index in [-0.39, 0.29) is 40.9 Å². The van der Waals surface area contributed by atoms with Crippen LogP contribution in [0.2, 0.25) is 0 Å². The number of methoxy groups -OCH3 is 3. The number of hydrogen-bond donors (Lipinski definition) is 0. The van der Waals surface area contributed by atoms with Crippen molar-refractivity contribution in [1.29, 1.82) is 0 Å². The lowest BCUT2D eigenvalue weighted by molar-refractivity contribution is -0.176. The van der Waals surface area contributed by atoms with E-state index in [4.69, 9.17) is 23.7 Å². The first kappa shape index (κ1) is 36.5. The van der Waals surface area contributed by atoms with Gasteiger partial charge in [0.15, 0.2) is 6.29 Å². The highest BCUT2D eigenvalue weighted by Gasteiger charge is 2.65. The van der Waals surface area contributed by atoms with Crippen LogP contribution in [0.4, 0.5) is 0 Å². The summed E-state index contributed by atoms with van der Waals surface area (Å²) < 4.78 is 28.5. The Kier molecular flexibility index (Phi) is 11.0. The number of nitrogens with zero attached hydrogens (tertiary/aromatic N) is 1. The Bertz CT molecular complexity index is 1510. The zero-order chi connectivity index (χ0) is 35.6. The normalized spacial score (nSPS) is 33.8. The molecule has 10 atom stereocenters. The maximum absolute atomic E-state index is 13.7. The van der Waals surface area contributed by atoms with E-state index < -0.39 is 6.29 Å². The summed E-state index contributed by atoms with van der Waals surface area (Å²) in [6.45, 7) is 7.10. The van der Waals surface area contributed by atoms with Crippen LogP contribution < -0.4 is 0 Å². The second kappa shape index (κ2) is 15.1. The second-order valence-electron chi connectivity index (χ2n) is 15.9. The molecule has 50 heavy (non-hydrogen) atoms. The summed E-state index contributed by atoms with van der Waals surface area (Å²) >= 11 is 0. The van der Waals surface area contributed by atoms with E-state index in [1.807, 2.05) is 12.1 Å². The molecule has 0 saturated heterocycles. The number of hydrogen-bond acceptors (Lipinski definition) is 9. The van der Waals surface area contributed by atoms with E-state index in [1.54, 1.807) is 50.9 Å². The lowest BCUT2D eigenvalue weighted by Gasteiger charge is -2.62. The number of carbonyl (C=O) groups excluding carboxylic acids is 3. The number of aromatic nitrogens is 1. The van der Waals surface area contributed by atoms with Crippen LogP contribution in [-0.4, -0.2) is 56.4 Å². The molecule has 1 heterocycles. The van der Waals surface area contributed by atoms with Gasteiger partial charge in [0.25, 0.3) is 0 Å². The lowest BCUT2D eigenvalue weighted by Crippen LogP contribution is -2.59. The van der Waals surface area contributed by atoms with Crippen molar-refractivity contribution in [2.75, 3.05) is 21.3 Å². The third-order valence-electron chi connectivity index (χ3n) is 13.7. The molecule has 0 N–H and O–H groups in total. The fourth-order valence-corrected chi connectivity index (χ4v) is 11.1. The van der Waals surface area contributed by atoms with Crippen molar-refractivity contribution in [2.45, 2.75) is 103 Å². The summed E-state index contributed by atoms with van der Waals surface area (Å²) in [6, 6.07) is 10.7. The van der Waals surface area contributed by atoms with Gasteiger partial charge in [-0.2, -0.15) is 0 Å². The number of benzene rings is 1. The molecule has 272 valence electrons. The third-order valence-corrected chi connectivity index (χ3v) is 13.7. The molecule has 0 unspecified atom stereocenters. The highest BCUT2D eigenvalue weighted by atomic mass is 16.7. The van der Waals surface area contributed by atoms with Crippen molar-refractivity contribution < 1.29 is 38.1 Å². The molecule has 2 aromatic rings. The molecule has 0 aliphatic heterocycles. The molecule has 0 bridgehead atoms. The van der Waals surface area contributed by atoms with Crippen LogP contribution in [0, 0.1) is 46.3 Å². The molecule has 0 amide bonds. The Morgan fingerprint density at radius 1 is 0.860 bits per heavy atom. The number of carbonyl (C=O) groups is 3. The van der Waals surface area contributed by atoms with E-state index in [1.165, 1.54) is 7.11 Å². The van der Waals surface area contributed by atoms with Gasteiger partial charge in [-0.25, -0.2) is 9.59 Å². The van der Waals surface area contributed by atoms with Gasteiger partial charge in [0.2, 0.25) is 0 Å². The van der Waals surface area contributed by atoms with Crippen molar-refractivity contribution in [3.63, 3.8) is 0 Å². The number of fused-ring (bicyclic) bond motifs is 5. The molecule has 9 heteroatoms. The van der Waals surface area contributed by atoms with E-state index in [2.05, 4.69) is 25.8 Å². The van der Waals surface area contributed by atoms with Gasteiger partial charge >= 0.3 is 17.9 Å². The summed E-state index contributed by atoms with van der Waals surface area (Å²) in [7, 11) is 4.60. The molecule has 1 aromatic heterocycles. The summed E-state index contributed by atoms with van der Waals surface area (Å²) in [5.41, 5.74) is 1.67. The maximum atomic E-state index is 13.7. The molecule has 4 aliphatic carbocycles. The van der Waals surface area contributed by atoms with Crippen LogP contribution >= 0.6 is 0 Å². The van der Waals surface area contributed by atoms with Gasteiger partial charge in [-0.3, -0.25) is 9.78 Å². The lowest BCUT2D eigenvalue weighted by atomic mass is 9.43. The number of ether oxygens (including phenoxy) is 5. The number of pyridine rings is 1. The second-order valence-corrected chi connectivity index (χ2v) is 15.9. The number of rotatable bonds is 11. The van der Waals surface area contributed by atoms with Crippen LogP contribution in [0.25, 0.3) is 0 Å². The summed E-state index contributed by atoms with van der Waals surface area (Å²) in [6.07, 6.45) is 11.4. The quantitative estimate of drug-likeness (QED) is 0.132. The largest absolute Gasteiger partial charge is 0.469 e. The van der Waals surface area contributed by atoms with Crippen LogP contribution in [0.5, 0.6) is 0 Å². The molecule has 0 radical (unpaired) electrons. The summed E-state index contributed by atoms with van der Waals surface area (Å²) in [5, 5.41) is 0. The van der Waals surface area contributed by atoms with Crippen LogP contribution in [-0.2, 0) is 28.5 Å². The molecule has 0 spiro atoms. The topological polar surface area (TPSA) is 110 Å². The summed E-state index contributed by atoms with van der Waals surface area (Å²) in [4.78, 5) is 43.2. The van der Waals surface area contributed by atoms with Gasteiger partial charge < -0.3 is 23.7 Å². The Morgan fingerprint density at radius 2 is 1.60 bits per heavy atom. The smallest absolute Gasteiger partial charge is 0.338 e. The van der Waals surface area contributed by atoms with Gasteiger partial charge in [-0.15, -0.1) is 0 Å². The Labute approximate surface area is 297 Å². The third kappa shape index (κ3) is 6.84. The number of esters is 3. The first-order chi connectivity index (χ1) is 24.0. The van der Waals surface area contributed by atoms with Crippen molar-refractivity contribution in [3.8, 4) is 0 Å². The SMILES string of the molecule is COC(=O)CC[C@@H](C)[C@H]1CC[C@H]2[C@@H]3CC[C@@H]4C[C@H](OC(=O)c5cccc(C(OC)OC)c5)CC[C@]4(C)[C@H]3C[C@H](OC(=O)c3ccncc3)[C@]12C. The van der Waals surface area contributed by atoms with Gasteiger partial charge in [-0.05, 0) is 123 Å². The summed E-state index contributed by atoms with van der Waals surface area (Å²) in [5.74, 6) is 1.69. The zero-order valence-electron chi connectivity index (χ0n) is 30.6. The van der Waals surface area contributed by atoms with E-state index >= 15 is 0 Å². The maximum Gasteiger partial charge on any atom is 0.338 e. The Morgan fingerprint density at radius 3 is 2.32 bits per heavy atom. The minimum absolute atomic E-state index is 0.0626. The van der Waals surface area contributed by atoms with E-state index in [0.29, 0.717) is 53.1 Å². The first-order valence-corrected chi connectivity index (χ1v) is 18.6. The minimum atomic E-state index is -0.545. The monoisotopic (exact) mass is 689 g/mol. The van der Waals surface area contributed by atoms with Crippen molar-refractivity contribution in [3.05, 3.63) is 65.5 Å². The van der Waals surface area contributed by atoms with Gasteiger partial charge in [-0.1, -0.05) is 32.9 Å². The fourth-order valence-electron chi connectivity index (χ4n) is 11.1. The van der Waals surface area contributed by atoms with Gasteiger partial charge in [0.05, 0.1) is 18.2 Å². The zero-order valence-corrected chi connectivity index (χ0v) is 30.6. The fraction of sp³-hybridized carbons (Fsp3) is 0.659. The first-order valence-electron chi connectivity index (χ1n) is 18.6. The van der Waals surface area contributed by atoms with Crippen LogP contribution in [0.1, 0.15) is 118 Å². The average Bonchev–Trinajstić information content (AvgIpc) is 3.50. The van der Waals surface area contributed by atoms with Crippen molar-refractivity contribution in [2.24, 2.45) is 46.3 Å². The molecule has 4 aliphatic rings. The molecular formula is C41H55NO8. The van der Waals surface area contributed by atoms with Crippen LogP contribution in [0.3, 0.4) is 0 Å². The Hall–Kier alpha value is -3.30. The highest BCUT2D eigenvalue weighted by Crippen LogP contribution is 2.69. The van der Waals surface area contributed by atoms with Crippen molar-refractivity contribution >= 4 is 17.9 Å². The molecule has 4 fully saturated rings. The highest BCUT2D eigenvalue weighted by molar-refractivity contribution is 5.90. The Balaban J connectivity index is 1.21. The minimum Gasteiger partial charge on any atom is -0.469 e. The van der Waals surface area contributed by atoms with Crippen molar-refractivity contribution in [1.82, 2.24) is 4.98 Å². The van der Waals surface area contributed by atoms with E-state index in [0.717, 1.165) is 63.4 Å². The molecule has 1 aromatic carbocycles. The van der Waals surface area contributed by atoms with Gasteiger partial charge in [0.1, 0.15) is 12.2 Å². The predicted octanol–water partition coefficient (Wildman–Crippen LogP) is 7.98. The predicted molar refractivity (Wildman–Crippen MR) is 187 cm³/mol. The molecular weight excluding hydrogens is 634 g/mol. The van der Waals surface area contributed by atoms with E-state index in [9.17, 15) is 14.4 Å². The van der Waals surface area contributed by atoms with Crippen LogP contribution in [0.15, 0.2) is 48.8 Å². The molecule has 4 saturated carbocycles. The molecule has 9 nitrogen and oxygen atoms in total. The molecule has 6 rings (SSSR count). The standard InChI is InChI=1S/C41H55NO8/c1-25(10-15-36(43)46-4)32-13-14-33-31-12-11-29-23-30(49-38(45)27-8-7-9-28(22-27)39(47-5)48-6)16-19-40(29,2)34(31)24-35(41(32,33)3)50-37(44)26-17-20-42-21-18-26/h7-9,17-18,20-22,25,29-35,39H,10-16,19,23-24H2,1-6H3/t25-,29-,30-,31+,32-,33+,34+,35+,40+,41-/m1/s1.